The second-order valence-corrected chi connectivity index (χ2v) is 1.68. The molecule has 0 aromatic carbocycles. The second-order valence-electron chi connectivity index (χ2n) is 0.560. The summed E-state index contributed by atoms with van der Waals surface area (Å²) in [7, 11) is -4.81. The molecule has 0 amide bonds. The minimum absolute atomic E-state index is 0. The van der Waals surface area contributed by atoms with Crippen LogP contribution in [0.3, 0.4) is 0 Å². The van der Waals surface area contributed by atoms with Gasteiger partial charge in [-0.05, 0) is 4.53 Å². The molecule has 4 nitrogen and oxygen atoms in total. The van der Waals surface area contributed by atoms with Crippen molar-refractivity contribution in [3.05, 3.63) is 0 Å². The van der Waals surface area contributed by atoms with Gasteiger partial charge >= 0.3 is 75.1 Å². The minimum Gasteiger partial charge on any atom is -1.00 e. The molecule has 0 fully saturated rings. The molecule has 0 heterocycles. The predicted molar refractivity (Wildman–Crippen MR) is 23.3 cm³/mol. The number of hydrogen-bond acceptors (Lipinski definition) is 2. The van der Waals surface area contributed by atoms with Gasteiger partial charge in [-0.3, -0.25) is 0 Å². The van der Waals surface area contributed by atoms with Crippen LogP contribution in [0.4, 0.5) is 4.53 Å². The van der Waals surface area contributed by atoms with Crippen LogP contribution in [0.2, 0.25) is 0 Å². The Hall–Kier alpha value is 2.30. The number of hydrogen-bond donors (Lipinski definition) is 2. The normalized spacial score (nSPS) is 8.88. The third-order valence-corrected chi connectivity index (χ3v) is 0.270. The Morgan fingerprint density at radius 3 is 1.75 bits per heavy atom. The summed E-state index contributed by atoms with van der Waals surface area (Å²) in [5.74, 6) is 0. The van der Waals surface area contributed by atoms with Crippen LogP contribution in [0, 0.1) is 0 Å². The maximum absolute atomic E-state index is 10.2. The predicted octanol–water partition coefficient (Wildman–Crippen LogP) is -3.06. The van der Waals surface area contributed by atoms with Gasteiger partial charge in [0.05, 0.1) is 0 Å². The van der Waals surface area contributed by atoms with Gasteiger partial charge < -0.3 is 14.1 Å². The molecule has 0 spiro atoms. The van der Waals surface area contributed by atoms with Gasteiger partial charge in [0, 0.05) is 0 Å². The first-order valence-electron chi connectivity index (χ1n) is 0.919. The summed E-state index contributed by atoms with van der Waals surface area (Å²) in [6, 6.07) is 0. The van der Waals surface area contributed by atoms with Crippen molar-refractivity contribution in [3.8, 4) is 0 Å². The van der Waals surface area contributed by atoms with Crippen molar-refractivity contribution in [3.63, 3.8) is 0 Å². The van der Waals surface area contributed by atoms with Crippen LogP contribution in [0.5, 0.6) is 0 Å². The summed E-state index contributed by atoms with van der Waals surface area (Å²) in [6.07, 6.45) is 0. The van der Waals surface area contributed by atoms with Gasteiger partial charge in [-0.15, -0.1) is 0 Å². The molecule has 0 radical (unpaired) electrons. The molecule has 0 aliphatic carbocycles. The zero-order valence-corrected chi connectivity index (χ0v) is 9.35. The van der Waals surface area contributed by atoms with Crippen LogP contribution < -0.4 is 29.6 Å². The van der Waals surface area contributed by atoms with Gasteiger partial charge in [-0.25, -0.2) is 4.57 Å². The largest absolute Gasteiger partial charge is 2.00 e. The van der Waals surface area contributed by atoms with Crippen molar-refractivity contribution in [2.75, 3.05) is 0 Å². The second kappa shape index (κ2) is 7.41. The van der Waals surface area contributed by atoms with E-state index in [1.807, 2.05) is 0 Å². The fourth-order valence-corrected chi connectivity index (χ4v) is 0. The van der Waals surface area contributed by atoms with Crippen LogP contribution >= 0.6 is 7.82 Å². The fraction of sp³-hybridized carbons (Fsp3) is 0. The van der Waals surface area contributed by atoms with Crippen LogP contribution in [0.15, 0.2) is 0 Å². The molecular weight excluding hydrogens is 177 g/mol. The zero-order chi connectivity index (χ0) is 5.21. The van der Waals surface area contributed by atoms with Gasteiger partial charge in [0.15, 0.2) is 0 Å². The quantitative estimate of drug-likeness (QED) is 0.334. The SMILES string of the molecule is O=P(O)(O)OF.[Ca+2].[H-].[H-].[H-].[Na+]. The first kappa shape index (κ1) is 16.7. The van der Waals surface area contributed by atoms with E-state index in [4.69, 9.17) is 14.4 Å². The molecule has 8 heavy (non-hydrogen) atoms. The third-order valence-electron chi connectivity index (χ3n) is 0.0899. The van der Waals surface area contributed by atoms with Gasteiger partial charge in [-0.1, -0.05) is 4.73 Å². The fourth-order valence-electron chi connectivity index (χ4n) is 0. The van der Waals surface area contributed by atoms with E-state index in [0.29, 0.717) is 0 Å². The minimum atomic E-state index is -4.81. The standard InChI is InChI=1S/Ca.FH2O4P.Na.3H/c;1-5-6(2,3)4;;;;/h;(H2,2,3,4);;;;/q+2;;+1;3*-1. The molecule has 0 bridgehead atoms. The molecule has 0 unspecified atom stereocenters. The van der Waals surface area contributed by atoms with E-state index in [-0.39, 0.29) is 71.6 Å². The molecule has 44 valence electrons. The molecule has 0 saturated heterocycles. The average molecular weight is 182 g/mol. The van der Waals surface area contributed by atoms with E-state index in [1.165, 1.54) is 0 Å². The summed E-state index contributed by atoms with van der Waals surface area (Å²) >= 11 is 0. The first-order chi connectivity index (χ1) is 2.56. The smallest absolute Gasteiger partial charge is 1.00 e. The Kier molecular flexibility index (Phi) is 15.5. The van der Waals surface area contributed by atoms with Crippen molar-refractivity contribution < 1.29 is 57.4 Å². The van der Waals surface area contributed by atoms with Crippen molar-refractivity contribution in [1.82, 2.24) is 0 Å². The maximum Gasteiger partial charge on any atom is 2.00 e. The topological polar surface area (TPSA) is 66.8 Å². The van der Waals surface area contributed by atoms with Crippen molar-refractivity contribution in [1.29, 1.82) is 0 Å². The average Bonchev–Trinajstić information content (AvgIpc) is 1.35. The summed E-state index contributed by atoms with van der Waals surface area (Å²) in [4.78, 5) is 14.7. The van der Waals surface area contributed by atoms with Gasteiger partial charge in [0.25, 0.3) is 0 Å². The summed E-state index contributed by atoms with van der Waals surface area (Å²) in [5, 5.41) is 0. The van der Waals surface area contributed by atoms with Crippen LogP contribution in [0.1, 0.15) is 4.28 Å². The van der Waals surface area contributed by atoms with Crippen molar-refractivity contribution in [2.45, 2.75) is 0 Å². The van der Waals surface area contributed by atoms with Crippen LogP contribution in [-0.4, -0.2) is 47.5 Å². The Labute approximate surface area is 102 Å². The van der Waals surface area contributed by atoms with E-state index in [1.54, 1.807) is 0 Å². The van der Waals surface area contributed by atoms with E-state index in [0.717, 1.165) is 0 Å². The molecule has 8 heteroatoms. The zero-order valence-electron chi connectivity index (χ0n) is 7.24. The molecule has 0 aliphatic heterocycles. The first-order valence-corrected chi connectivity index (χ1v) is 2.45. The molecule has 0 atom stereocenters. The third kappa shape index (κ3) is 15.7. The molecule has 0 saturated carbocycles. The van der Waals surface area contributed by atoms with E-state index in [2.05, 4.69) is 4.73 Å². The number of halogens is 1. The monoisotopic (exact) mass is 182 g/mol. The van der Waals surface area contributed by atoms with Crippen molar-refractivity contribution in [2.24, 2.45) is 0 Å². The Morgan fingerprint density at radius 2 is 1.75 bits per heavy atom. The number of rotatable bonds is 1. The van der Waals surface area contributed by atoms with Crippen molar-refractivity contribution >= 4 is 45.6 Å². The molecule has 0 aromatic heterocycles. The summed E-state index contributed by atoms with van der Waals surface area (Å²) in [5.41, 5.74) is 0. The van der Waals surface area contributed by atoms with Gasteiger partial charge in [0.1, 0.15) is 0 Å². The Morgan fingerprint density at radius 1 is 1.62 bits per heavy atom. The molecule has 0 rings (SSSR count). The molecule has 0 aliphatic rings. The maximum atomic E-state index is 10.2. The van der Waals surface area contributed by atoms with Crippen LogP contribution in [-0.2, 0) is 9.29 Å². The molecular formula is H5CaFNaO4P. The summed E-state index contributed by atoms with van der Waals surface area (Å²) in [6.45, 7) is 0. The van der Waals surface area contributed by atoms with E-state index >= 15 is 0 Å². The Bertz CT molecular complexity index is 89.4. The van der Waals surface area contributed by atoms with Gasteiger partial charge in [-0.2, -0.15) is 0 Å². The van der Waals surface area contributed by atoms with E-state index in [9.17, 15) is 4.53 Å². The van der Waals surface area contributed by atoms with E-state index < -0.39 is 7.82 Å². The number of phosphoric acid groups is 1. The Balaban J connectivity index is -0.0000000125. The van der Waals surface area contributed by atoms with Gasteiger partial charge in [0.2, 0.25) is 0 Å². The summed E-state index contributed by atoms with van der Waals surface area (Å²) < 4.78 is 21.4. The molecule has 2 N–H and O–H groups in total. The molecule has 0 aromatic rings. The van der Waals surface area contributed by atoms with Crippen LogP contribution in [0.25, 0.3) is 0 Å².